The minimum absolute atomic E-state index is 0.285. The van der Waals surface area contributed by atoms with Gasteiger partial charge in [0.05, 0.1) is 6.10 Å². The highest BCUT2D eigenvalue weighted by Gasteiger charge is 1.93. The molecule has 9 heavy (non-hydrogen) atoms. The van der Waals surface area contributed by atoms with Gasteiger partial charge >= 0.3 is 0 Å². The van der Waals surface area contributed by atoms with Gasteiger partial charge in [0.2, 0.25) is 0 Å². The van der Waals surface area contributed by atoms with Gasteiger partial charge in [0.25, 0.3) is 0 Å². The predicted molar refractivity (Wildman–Crippen MR) is 41.1 cm³/mol. The third-order valence-corrected chi connectivity index (χ3v) is 1.01. The molecule has 4 heteroatoms. The number of hydrogen-bond donors (Lipinski definition) is 3. The first-order valence-corrected chi connectivity index (χ1v) is 3.25. The number of aliphatic hydroxyl groups excluding tert-OH is 1. The molecule has 0 fully saturated rings. The van der Waals surface area contributed by atoms with E-state index in [4.69, 9.17) is 10.8 Å². The fourth-order valence-corrected chi connectivity index (χ4v) is 0.506. The van der Waals surface area contributed by atoms with Crippen LogP contribution in [-0.4, -0.2) is 22.9 Å². The third-order valence-electron chi connectivity index (χ3n) is 0.861. The van der Waals surface area contributed by atoms with Crippen LogP contribution in [0.1, 0.15) is 13.3 Å². The van der Waals surface area contributed by atoms with Crippen LogP contribution < -0.4 is 11.1 Å². The predicted octanol–water partition coefficient (Wildman–Crippen LogP) is -0.409. The molecule has 0 spiro atoms. The molecule has 0 aliphatic rings. The van der Waals surface area contributed by atoms with Crippen molar-refractivity contribution in [3.05, 3.63) is 0 Å². The minimum Gasteiger partial charge on any atom is -0.393 e. The fraction of sp³-hybridized carbons (Fsp3) is 0.800. The Morgan fingerprint density at radius 1 is 1.89 bits per heavy atom. The highest BCUT2D eigenvalue weighted by atomic mass is 32.1. The molecular weight excluding hydrogens is 136 g/mol. The van der Waals surface area contributed by atoms with Crippen LogP contribution in [0.15, 0.2) is 0 Å². The number of nitrogens with two attached hydrogens (primary N) is 1. The lowest BCUT2D eigenvalue weighted by Gasteiger charge is -2.04. The minimum atomic E-state index is -0.285. The molecule has 0 aliphatic carbocycles. The van der Waals surface area contributed by atoms with Crippen LogP contribution in [0.25, 0.3) is 0 Å². The van der Waals surface area contributed by atoms with Gasteiger partial charge in [-0.15, -0.1) is 0 Å². The molecule has 0 saturated heterocycles. The second kappa shape index (κ2) is 4.52. The molecule has 0 aliphatic heterocycles. The lowest BCUT2D eigenvalue weighted by atomic mass is 10.3. The molecule has 0 rings (SSSR count). The summed E-state index contributed by atoms with van der Waals surface area (Å²) in [4.78, 5) is 0. The molecular formula is C5H12N2OS. The van der Waals surface area contributed by atoms with Crippen LogP contribution in [0.5, 0.6) is 0 Å². The third kappa shape index (κ3) is 7.65. The van der Waals surface area contributed by atoms with Crippen LogP contribution >= 0.6 is 12.2 Å². The number of thiocarbonyl (C=S) groups is 1. The van der Waals surface area contributed by atoms with E-state index < -0.39 is 0 Å². The van der Waals surface area contributed by atoms with Crippen LogP contribution in [0.2, 0.25) is 0 Å². The molecule has 0 radical (unpaired) electrons. The van der Waals surface area contributed by atoms with E-state index in [1.807, 2.05) is 0 Å². The molecule has 54 valence electrons. The van der Waals surface area contributed by atoms with Crippen LogP contribution in [0.4, 0.5) is 0 Å². The van der Waals surface area contributed by atoms with E-state index in [-0.39, 0.29) is 11.2 Å². The van der Waals surface area contributed by atoms with Crippen molar-refractivity contribution in [2.24, 2.45) is 5.73 Å². The summed E-state index contributed by atoms with van der Waals surface area (Å²) in [6, 6.07) is 0. The monoisotopic (exact) mass is 148 g/mol. The van der Waals surface area contributed by atoms with Gasteiger partial charge in [-0.25, -0.2) is 0 Å². The van der Waals surface area contributed by atoms with E-state index in [9.17, 15) is 0 Å². The van der Waals surface area contributed by atoms with E-state index >= 15 is 0 Å². The van der Waals surface area contributed by atoms with Crippen molar-refractivity contribution < 1.29 is 5.11 Å². The normalized spacial score (nSPS) is 12.7. The van der Waals surface area contributed by atoms with E-state index in [1.54, 1.807) is 6.92 Å². The van der Waals surface area contributed by atoms with Crippen molar-refractivity contribution in [2.45, 2.75) is 19.4 Å². The Morgan fingerprint density at radius 2 is 2.44 bits per heavy atom. The number of rotatable bonds is 3. The summed E-state index contributed by atoms with van der Waals surface area (Å²) < 4.78 is 0. The first-order chi connectivity index (χ1) is 4.13. The number of nitrogens with one attached hydrogen (secondary N) is 1. The SMILES string of the molecule is CC(O)CCNC(N)=S. The van der Waals surface area contributed by atoms with Crippen molar-refractivity contribution in [3.63, 3.8) is 0 Å². The van der Waals surface area contributed by atoms with Crippen molar-refractivity contribution in [1.29, 1.82) is 0 Å². The summed E-state index contributed by atoms with van der Waals surface area (Å²) in [7, 11) is 0. The summed E-state index contributed by atoms with van der Waals surface area (Å²) in [5.41, 5.74) is 5.12. The maximum absolute atomic E-state index is 8.74. The lowest BCUT2D eigenvalue weighted by Crippen LogP contribution is -2.31. The zero-order chi connectivity index (χ0) is 7.28. The average Bonchev–Trinajstić information content (AvgIpc) is 1.63. The van der Waals surface area contributed by atoms with Crippen molar-refractivity contribution >= 4 is 17.3 Å². The molecule has 0 aromatic rings. The van der Waals surface area contributed by atoms with Gasteiger partial charge in [-0.2, -0.15) is 0 Å². The topological polar surface area (TPSA) is 58.3 Å². The zero-order valence-corrected chi connectivity index (χ0v) is 6.24. The molecule has 0 aromatic heterocycles. The summed E-state index contributed by atoms with van der Waals surface area (Å²) >= 11 is 4.53. The average molecular weight is 148 g/mol. The van der Waals surface area contributed by atoms with Crippen molar-refractivity contribution in [3.8, 4) is 0 Å². The quantitative estimate of drug-likeness (QED) is 0.476. The Balaban J connectivity index is 3.01. The maximum Gasteiger partial charge on any atom is 0.163 e. The van der Waals surface area contributed by atoms with Crippen LogP contribution in [0.3, 0.4) is 0 Å². The molecule has 0 heterocycles. The molecule has 3 nitrogen and oxygen atoms in total. The second-order valence-electron chi connectivity index (χ2n) is 1.93. The Kier molecular flexibility index (Phi) is 4.35. The van der Waals surface area contributed by atoms with E-state index in [0.717, 1.165) is 0 Å². The summed E-state index contributed by atoms with van der Waals surface area (Å²) in [5, 5.41) is 11.8. The standard InChI is InChI=1S/C5H12N2OS/c1-4(8)2-3-7-5(6)9/h4,8H,2-3H2,1H3,(H3,6,7,9). The molecule has 0 bridgehead atoms. The first-order valence-electron chi connectivity index (χ1n) is 2.84. The van der Waals surface area contributed by atoms with Crippen molar-refractivity contribution in [2.75, 3.05) is 6.54 Å². The maximum atomic E-state index is 8.74. The first kappa shape index (κ1) is 8.65. The molecule has 0 aromatic carbocycles. The largest absolute Gasteiger partial charge is 0.393 e. The van der Waals surface area contributed by atoms with Gasteiger partial charge in [0.15, 0.2) is 5.11 Å². The Bertz CT molecular complexity index is 95.0. The van der Waals surface area contributed by atoms with Crippen LogP contribution in [-0.2, 0) is 0 Å². The van der Waals surface area contributed by atoms with Gasteiger partial charge in [-0.3, -0.25) is 0 Å². The van der Waals surface area contributed by atoms with E-state index in [1.165, 1.54) is 0 Å². The Labute approximate surface area is 60.2 Å². The summed E-state index contributed by atoms with van der Waals surface area (Å²) in [5.74, 6) is 0. The molecule has 1 atom stereocenters. The molecule has 1 unspecified atom stereocenters. The fourth-order valence-electron chi connectivity index (χ4n) is 0.404. The lowest BCUT2D eigenvalue weighted by molar-refractivity contribution is 0.186. The van der Waals surface area contributed by atoms with Gasteiger partial charge < -0.3 is 16.2 Å². The molecule has 0 amide bonds. The summed E-state index contributed by atoms with van der Waals surface area (Å²) in [6.45, 7) is 2.37. The van der Waals surface area contributed by atoms with Gasteiger partial charge in [-0.05, 0) is 25.6 Å². The second-order valence-corrected chi connectivity index (χ2v) is 2.37. The van der Waals surface area contributed by atoms with Gasteiger partial charge in [0, 0.05) is 6.54 Å². The highest BCUT2D eigenvalue weighted by molar-refractivity contribution is 7.80. The molecule has 4 N–H and O–H groups in total. The van der Waals surface area contributed by atoms with Gasteiger partial charge in [-0.1, -0.05) is 0 Å². The van der Waals surface area contributed by atoms with Gasteiger partial charge in [0.1, 0.15) is 0 Å². The van der Waals surface area contributed by atoms with Crippen LogP contribution in [0, 0.1) is 0 Å². The smallest absolute Gasteiger partial charge is 0.163 e. The highest BCUT2D eigenvalue weighted by Crippen LogP contribution is 1.84. The van der Waals surface area contributed by atoms with E-state index in [0.29, 0.717) is 13.0 Å². The number of hydrogen-bond acceptors (Lipinski definition) is 2. The number of aliphatic hydroxyl groups is 1. The molecule has 0 saturated carbocycles. The Morgan fingerprint density at radius 3 is 2.78 bits per heavy atom. The zero-order valence-electron chi connectivity index (χ0n) is 5.42. The van der Waals surface area contributed by atoms with E-state index in [2.05, 4.69) is 17.5 Å². The van der Waals surface area contributed by atoms with Crippen molar-refractivity contribution in [1.82, 2.24) is 5.32 Å². The summed E-state index contributed by atoms with van der Waals surface area (Å²) in [6.07, 6.45) is 0.393. The Hall–Kier alpha value is -0.350.